The van der Waals surface area contributed by atoms with Crippen molar-refractivity contribution in [3.8, 4) is 16.9 Å². The van der Waals surface area contributed by atoms with Crippen molar-refractivity contribution in [3.05, 3.63) is 86.4 Å². The lowest BCUT2D eigenvalue weighted by molar-refractivity contribution is -0.146. The van der Waals surface area contributed by atoms with Crippen molar-refractivity contribution < 1.29 is 22.7 Å². The normalized spacial score (nSPS) is 15.0. The number of alkyl halides is 3. The van der Waals surface area contributed by atoms with Gasteiger partial charge in [0.1, 0.15) is 5.75 Å². The van der Waals surface area contributed by atoms with Crippen LogP contribution in [0.4, 0.5) is 13.2 Å². The summed E-state index contributed by atoms with van der Waals surface area (Å²) in [5, 5.41) is 4.89. The number of hydrogen-bond donors (Lipinski definition) is 2. The lowest BCUT2D eigenvalue weighted by atomic mass is 10.00. The summed E-state index contributed by atoms with van der Waals surface area (Å²) in [6.45, 7) is 9.67. The zero-order valence-corrected chi connectivity index (χ0v) is 26.6. The van der Waals surface area contributed by atoms with Crippen LogP contribution in [0.25, 0.3) is 17.2 Å². The molecule has 0 aliphatic carbocycles. The van der Waals surface area contributed by atoms with Gasteiger partial charge in [0, 0.05) is 60.6 Å². The third-order valence-electron chi connectivity index (χ3n) is 7.69. The largest absolute Gasteiger partial charge is 0.496 e. The highest BCUT2D eigenvalue weighted by Gasteiger charge is 2.32. The molecule has 1 amide bonds. The number of aromatic nitrogens is 3. The Morgan fingerprint density at radius 1 is 1.11 bits per heavy atom. The van der Waals surface area contributed by atoms with E-state index in [2.05, 4.69) is 15.3 Å². The van der Waals surface area contributed by atoms with Crippen LogP contribution in [0, 0.1) is 20.8 Å². The first-order chi connectivity index (χ1) is 21.3. The zero-order chi connectivity index (χ0) is 32.9. The summed E-state index contributed by atoms with van der Waals surface area (Å²) in [6, 6.07) is 7.59. The van der Waals surface area contributed by atoms with Crippen molar-refractivity contribution in [3.63, 3.8) is 0 Å². The van der Waals surface area contributed by atoms with Crippen molar-refractivity contribution in [1.29, 1.82) is 0 Å². The van der Waals surface area contributed by atoms with Gasteiger partial charge in [-0.15, -0.1) is 0 Å². The third-order valence-corrected chi connectivity index (χ3v) is 7.69. The van der Waals surface area contributed by atoms with Gasteiger partial charge in [0.05, 0.1) is 31.5 Å². The van der Waals surface area contributed by atoms with E-state index in [1.54, 1.807) is 13.0 Å². The topological polar surface area (TPSA) is 95.5 Å². The quantitative estimate of drug-likeness (QED) is 0.242. The maximum absolute atomic E-state index is 13.8. The number of carbonyl (C=O) groups excluding carboxylic acids is 1. The number of halogens is 3. The number of rotatable bonds is 10. The number of pyridine rings is 2. The second-order valence-electron chi connectivity index (χ2n) is 11.3. The van der Waals surface area contributed by atoms with Crippen molar-refractivity contribution >= 4 is 12.0 Å². The summed E-state index contributed by atoms with van der Waals surface area (Å²) < 4.78 is 46.5. The monoisotopic (exact) mass is 626 g/mol. The number of amides is 1. The molecule has 4 rings (SSSR count). The van der Waals surface area contributed by atoms with Crippen LogP contribution >= 0.6 is 0 Å². The highest BCUT2D eigenvalue weighted by Crippen LogP contribution is 2.30. The molecular weight excluding hydrogens is 585 g/mol. The predicted octanol–water partition coefficient (Wildman–Crippen LogP) is 5.04. The Morgan fingerprint density at radius 3 is 2.38 bits per heavy atom. The molecule has 1 aliphatic rings. The molecule has 2 N–H and O–H groups in total. The molecule has 12 heteroatoms. The lowest BCUT2D eigenvalue weighted by Crippen LogP contribution is -2.53. The van der Waals surface area contributed by atoms with Gasteiger partial charge in [-0.2, -0.15) is 13.2 Å². The fraction of sp³-hybridized carbons (Fsp3) is 0.424. The Kier molecular flexibility index (Phi) is 10.6. The minimum absolute atomic E-state index is 0.0495. The first-order valence-corrected chi connectivity index (χ1v) is 14.9. The molecule has 0 atom stereocenters. The summed E-state index contributed by atoms with van der Waals surface area (Å²) in [4.78, 5) is 35.2. The molecule has 0 radical (unpaired) electrons. The van der Waals surface area contributed by atoms with Crippen molar-refractivity contribution in [2.75, 3.05) is 44.8 Å². The standard InChI is InChI=1S/C33H41F3N6O3/c1-7-8-21(2)27(31(43)37-19-28-30(45-6)17-24(5)39-32(28)44)18-29-26(25-15-22(3)38-23(4)16-25)9-10-42(29)41-13-11-40(12-14-41)20-33(34,35)36/h8-10,15-18H,7,11-14,19-20H2,1-6H3,(H,37,43)(H,39,44)/b21-8+,27-18+. The summed E-state index contributed by atoms with van der Waals surface area (Å²) >= 11 is 0. The number of allylic oxidation sites excluding steroid dienone is 1. The number of aromatic amines is 1. The van der Waals surface area contributed by atoms with Crippen LogP contribution in [0.5, 0.6) is 5.75 Å². The maximum atomic E-state index is 13.8. The van der Waals surface area contributed by atoms with Gasteiger partial charge >= 0.3 is 6.18 Å². The fourth-order valence-electron chi connectivity index (χ4n) is 5.63. The SMILES string of the molecule is CC/C=C(C)/C(=C\c1c(-c2cc(C)nc(C)c2)ccn1N1CCN(CC(F)(F)F)CC1)C(=O)NCc1c(OC)cc(C)[nH]c1=O. The van der Waals surface area contributed by atoms with Crippen LogP contribution in [0.2, 0.25) is 0 Å². The van der Waals surface area contributed by atoms with Crippen LogP contribution in [0.1, 0.15) is 48.6 Å². The Labute approximate surface area is 261 Å². The van der Waals surface area contributed by atoms with Crippen LogP contribution < -0.4 is 20.6 Å². The number of H-pyrrole nitrogens is 1. The van der Waals surface area contributed by atoms with Gasteiger partial charge in [-0.05, 0) is 75.6 Å². The molecule has 9 nitrogen and oxygen atoms in total. The summed E-state index contributed by atoms with van der Waals surface area (Å²) in [6.07, 6.45) is 2.09. The van der Waals surface area contributed by atoms with Gasteiger partial charge in [0.25, 0.3) is 11.5 Å². The second-order valence-corrected chi connectivity index (χ2v) is 11.3. The second kappa shape index (κ2) is 14.2. The maximum Gasteiger partial charge on any atom is 0.401 e. The van der Waals surface area contributed by atoms with Crippen LogP contribution in [-0.4, -0.2) is 71.5 Å². The van der Waals surface area contributed by atoms with E-state index in [4.69, 9.17) is 4.74 Å². The number of carbonyl (C=O) groups is 1. The van der Waals surface area contributed by atoms with E-state index in [-0.39, 0.29) is 31.1 Å². The van der Waals surface area contributed by atoms with Gasteiger partial charge in [0.15, 0.2) is 0 Å². The number of piperazine rings is 1. The number of methoxy groups -OCH3 is 1. The smallest absolute Gasteiger partial charge is 0.401 e. The molecule has 242 valence electrons. The highest BCUT2D eigenvalue weighted by atomic mass is 19.4. The average molecular weight is 627 g/mol. The van der Waals surface area contributed by atoms with Crippen molar-refractivity contribution in [1.82, 2.24) is 24.9 Å². The van der Waals surface area contributed by atoms with E-state index in [9.17, 15) is 22.8 Å². The van der Waals surface area contributed by atoms with Gasteiger partial charge in [0.2, 0.25) is 0 Å². The van der Waals surface area contributed by atoms with E-state index in [0.717, 1.165) is 28.1 Å². The molecule has 0 bridgehead atoms. The average Bonchev–Trinajstić information content (AvgIpc) is 3.37. The van der Waals surface area contributed by atoms with E-state index in [1.165, 1.54) is 12.0 Å². The number of hydrogen-bond acceptors (Lipinski definition) is 6. The van der Waals surface area contributed by atoms with Crippen molar-refractivity contribution in [2.45, 2.75) is 53.8 Å². The molecule has 0 spiro atoms. The van der Waals surface area contributed by atoms with Gasteiger partial charge in [-0.1, -0.05) is 13.0 Å². The fourth-order valence-corrected chi connectivity index (χ4v) is 5.63. The summed E-state index contributed by atoms with van der Waals surface area (Å²) in [5.74, 6) is 0.00201. The Bertz CT molecular complexity index is 1630. The van der Waals surface area contributed by atoms with Crippen molar-refractivity contribution in [2.24, 2.45) is 0 Å². The molecule has 3 aromatic rings. The first-order valence-electron chi connectivity index (χ1n) is 14.9. The third kappa shape index (κ3) is 8.44. The molecular formula is C33H41F3N6O3. The van der Waals surface area contributed by atoms with Gasteiger partial charge in [-0.3, -0.25) is 24.1 Å². The molecule has 0 aromatic carbocycles. The summed E-state index contributed by atoms with van der Waals surface area (Å²) in [7, 11) is 1.47. The van der Waals surface area contributed by atoms with Crippen LogP contribution in [0.15, 0.2) is 52.5 Å². The number of nitrogens with one attached hydrogen (secondary N) is 2. The van der Waals surface area contributed by atoms with E-state index < -0.39 is 12.7 Å². The molecule has 4 heterocycles. The highest BCUT2D eigenvalue weighted by molar-refractivity contribution is 6.02. The van der Waals surface area contributed by atoms with E-state index >= 15 is 0 Å². The Balaban J connectivity index is 1.76. The minimum atomic E-state index is -4.26. The Morgan fingerprint density at radius 2 is 1.78 bits per heavy atom. The molecule has 45 heavy (non-hydrogen) atoms. The molecule has 1 aliphatic heterocycles. The van der Waals surface area contributed by atoms with E-state index in [1.807, 2.05) is 73.9 Å². The van der Waals surface area contributed by atoms with Gasteiger partial charge in [-0.25, -0.2) is 0 Å². The van der Waals surface area contributed by atoms with Crippen LogP contribution in [0.3, 0.4) is 0 Å². The number of ether oxygens (including phenoxy) is 1. The predicted molar refractivity (Wildman–Crippen MR) is 170 cm³/mol. The molecule has 1 fully saturated rings. The summed E-state index contributed by atoms with van der Waals surface area (Å²) in [5.41, 5.74) is 5.90. The molecule has 1 saturated heterocycles. The Hall–Kier alpha value is -4.32. The number of aryl methyl sites for hydroxylation is 3. The molecule has 0 saturated carbocycles. The first kappa shape index (κ1) is 33.6. The number of nitrogens with zero attached hydrogens (tertiary/aromatic N) is 4. The van der Waals surface area contributed by atoms with Gasteiger partial charge < -0.3 is 20.0 Å². The van der Waals surface area contributed by atoms with E-state index in [0.29, 0.717) is 47.8 Å². The van der Waals surface area contributed by atoms with Crippen LogP contribution in [-0.2, 0) is 11.3 Å². The lowest BCUT2D eigenvalue weighted by Gasteiger charge is -2.37. The molecule has 3 aromatic heterocycles. The molecule has 0 unspecified atom stereocenters. The zero-order valence-electron chi connectivity index (χ0n) is 26.6. The minimum Gasteiger partial charge on any atom is -0.496 e.